The summed E-state index contributed by atoms with van der Waals surface area (Å²) in [4.78, 5) is 14.0. The fourth-order valence-corrected chi connectivity index (χ4v) is 2.22. The average molecular weight is 270 g/mol. The SMILES string of the molecule is CN(C)CCCNC(=O)Cc1ccc2ccccc2c1. The number of amides is 1. The van der Waals surface area contributed by atoms with E-state index >= 15 is 0 Å². The third-order valence-corrected chi connectivity index (χ3v) is 3.28. The fourth-order valence-electron chi connectivity index (χ4n) is 2.22. The largest absolute Gasteiger partial charge is 0.356 e. The van der Waals surface area contributed by atoms with Crippen LogP contribution < -0.4 is 5.32 Å². The zero-order chi connectivity index (χ0) is 14.4. The lowest BCUT2D eigenvalue weighted by atomic mass is 10.0. The van der Waals surface area contributed by atoms with E-state index in [1.165, 1.54) is 10.8 Å². The zero-order valence-electron chi connectivity index (χ0n) is 12.2. The Morgan fingerprint density at radius 3 is 2.60 bits per heavy atom. The molecule has 0 aliphatic heterocycles. The van der Waals surface area contributed by atoms with Crippen LogP contribution in [0.2, 0.25) is 0 Å². The van der Waals surface area contributed by atoms with E-state index < -0.39 is 0 Å². The maximum Gasteiger partial charge on any atom is 0.224 e. The van der Waals surface area contributed by atoms with Gasteiger partial charge >= 0.3 is 0 Å². The number of rotatable bonds is 6. The van der Waals surface area contributed by atoms with Gasteiger partial charge in [0, 0.05) is 6.54 Å². The van der Waals surface area contributed by atoms with E-state index in [9.17, 15) is 4.79 Å². The number of hydrogen-bond donors (Lipinski definition) is 1. The molecular formula is C17H22N2O. The van der Waals surface area contributed by atoms with E-state index in [2.05, 4.69) is 34.5 Å². The predicted molar refractivity (Wildman–Crippen MR) is 83.8 cm³/mol. The predicted octanol–water partition coefficient (Wildman–Crippen LogP) is 2.45. The second kappa shape index (κ2) is 7.06. The third kappa shape index (κ3) is 4.35. The van der Waals surface area contributed by atoms with E-state index in [0.29, 0.717) is 6.42 Å². The minimum atomic E-state index is 0.0963. The summed E-state index contributed by atoms with van der Waals surface area (Å²) in [6.07, 6.45) is 1.43. The van der Waals surface area contributed by atoms with Gasteiger partial charge < -0.3 is 10.2 Å². The molecule has 1 amide bonds. The van der Waals surface area contributed by atoms with Gasteiger partial charge in [-0.3, -0.25) is 4.79 Å². The lowest BCUT2D eigenvalue weighted by Crippen LogP contribution is -2.28. The summed E-state index contributed by atoms with van der Waals surface area (Å²) in [5, 5.41) is 5.37. The van der Waals surface area contributed by atoms with Crippen molar-refractivity contribution >= 4 is 16.7 Å². The van der Waals surface area contributed by atoms with Crippen molar-refractivity contribution in [1.29, 1.82) is 0 Å². The van der Waals surface area contributed by atoms with Crippen LogP contribution in [0.1, 0.15) is 12.0 Å². The van der Waals surface area contributed by atoms with Crippen LogP contribution in [0.25, 0.3) is 10.8 Å². The Hall–Kier alpha value is -1.87. The van der Waals surface area contributed by atoms with Crippen molar-refractivity contribution < 1.29 is 4.79 Å². The molecule has 2 aromatic carbocycles. The molecule has 0 saturated carbocycles. The molecule has 0 fully saturated rings. The Balaban J connectivity index is 1.86. The van der Waals surface area contributed by atoms with Gasteiger partial charge in [-0.1, -0.05) is 42.5 Å². The van der Waals surface area contributed by atoms with Crippen molar-refractivity contribution in [2.75, 3.05) is 27.2 Å². The van der Waals surface area contributed by atoms with Gasteiger partial charge in [-0.05, 0) is 43.4 Å². The number of carbonyl (C=O) groups is 1. The van der Waals surface area contributed by atoms with Crippen molar-refractivity contribution in [3.05, 3.63) is 48.0 Å². The summed E-state index contributed by atoms with van der Waals surface area (Å²) in [7, 11) is 4.08. The zero-order valence-corrected chi connectivity index (χ0v) is 12.2. The molecule has 0 aromatic heterocycles. The Morgan fingerprint density at radius 2 is 1.85 bits per heavy atom. The van der Waals surface area contributed by atoms with Crippen molar-refractivity contribution in [2.45, 2.75) is 12.8 Å². The van der Waals surface area contributed by atoms with E-state index in [1.54, 1.807) is 0 Å². The molecule has 3 heteroatoms. The van der Waals surface area contributed by atoms with Crippen LogP contribution in [-0.4, -0.2) is 38.0 Å². The van der Waals surface area contributed by atoms with Crippen LogP contribution in [0, 0.1) is 0 Å². The van der Waals surface area contributed by atoms with Gasteiger partial charge in [-0.2, -0.15) is 0 Å². The molecular weight excluding hydrogens is 248 g/mol. The number of nitrogens with one attached hydrogen (secondary N) is 1. The summed E-state index contributed by atoms with van der Waals surface area (Å²) in [6.45, 7) is 1.74. The van der Waals surface area contributed by atoms with Gasteiger partial charge in [-0.25, -0.2) is 0 Å². The number of benzene rings is 2. The van der Waals surface area contributed by atoms with Crippen molar-refractivity contribution in [3.8, 4) is 0 Å². The molecule has 106 valence electrons. The molecule has 0 unspecified atom stereocenters. The van der Waals surface area contributed by atoms with Gasteiger partial charge in [0.1, 0.15) is 0 Å². The molecule has 3 nitrogen and oxygen atoms in total. The van der Waals surface area contributed by atoms with E-state index in [4.69, 9.17) is 0 Å². The first kappa shape index (κ1) is 14.5. The molecule has 1 N–H and O–H groups in total. The second-order valence-electron chi connectivity index (χ2n) is 5.37. The lowest BCUT2D eigenvalue weighted by molar-refractivity contribution is -0.120. The highest BCUT2D eigenvalue weighted by Crippen LogP contribution is 2.15. The Kier molecular flexibility index (Phi) is 5.13. The quantitative estimate of drug-likeness (QED) is 0.818. The maximum absolute atomic E-state index is 11.9. The molecule has 0 spiro atoms. The van der Waals surface area contributed by atoms with Crippen LogP contribution in [0.15, 0.2) is 42.5 Å². The average Bonchev–Trinajstić information content (AvgIpc) is 2.43. The minimum Gasteiger partial charge on any atom is -0.356 e. The molecule has 0 saturated heterocycles. The first-order valence-corrected chi connectivity index (χ1v) is 7.04. The third-order valence-electron chi connectivity index (χ3n) is 3.28. The molecule has 0 atom stereocenters. The van der Waals surface area contributed by atoms with Crippen molar-refractivity contribution in [3.63, 3.8) is 0 Å². The molecule has 0 aliphatic rings. The van der Waals surface area contributed by atoms with E-state index in [0.717, 1.165) is 25.1 Å². The number of hydrogen-bond acceptors (Lipinski definition) is 2. The number of carbonyl (C=O) groups excluding carboxylic acids is 1. The van der Waals surface area contributed by atoms with Gasteiger partial charge in [0.15, 0.2) is 0 Å². The Labute approximate surface area is 120 Å². The summed E-state index contributed by atoms with van der Waals surface area (Å²) < 4.78 is 0. The summed E-state index contributed by atoms with van der Waals surface area (Å²) in [5.74, 6) is 0.0963. The summed E-state index contributed by atoms with van der Waals surface area (Å²) in [6, 6.07) is 14.4. The normalized spacial score (nSPS) is 10.9. The molecule has 20 heavy (non-hydrogen) atoms. The highest BCUT2D eigenvalue weighted by molar-refractivity contribution is 5.85. The highest BCUT2D eigenvalue weighted by Gasteiger charge is 2.03. The molecule has 2 aromatic rings. The lowest BCUT2D eigenvalue weighted by Gasteiger charge is -2.10. The van der Waals surface area contributed by atoms with Crippen LogP contribution in [0.4, 0.5) is 0 Å². The van der Waals surface area contributed by atoms with Crippen LogP contribution in [0.5, 0.6) is 0 Å². The summed E-state index contributed by atoms with van der Waals surface area (Å²) >= 11 is 0. The maximum atomic E-state index is 11.9. The van der Waals surface area contributed by atoms with Crippen molar-refractivity contribution in [2.24, 2.45) is 0 Å². The van der Waals surface area contributed by atoms with E-state index in [1.807, 2.05) is 32.3 Å². The smallest absolute Gasteiger partial charge is 0.224 e. The molecule has 0 radical (unpaired) electrons. The van der Waals surface area contributed by atoms with Crippen LogP contribution in [0.3, 0.4) is 0 Å². The first-order valence-electron chi connectivity index (χ1n) is 7.04. The van der Waals surface area contributed by atoms with Gasteiger partial charge in [0.2, 0.25) is 5.91 Å². The number of nitrogens with zero attached hydrogens (tertiary/aromatic N) is 1. The highest BCUT2D eigenvalue weighted by atomic mass is 16.1. The summed E-state index contributed by atoms with van der Waals surface area (Å²) in [5.41, 5.74) is 1.06. The fraction of sp³-hybridized carbons (Fsp3) is 0.353. The van der Waals surface area contributed by atoms with Gasteiger partial charge in [-0.15, -0.1) is 0 Å². The Morgan fingerprint density at radius 1 is 1.10 bits per heavy atom. The van der Waals surface area contributed by atoms with E-state index in [-0.39, 0.29) is 5.91 Å². The monoisotopic (exact) mass is 270 g/mol. The molecule has 0 bridgehead atoms. The first-order chi connectivity index (χ1) is 9.65. The van der Waals surface area contributed by atoms with Gasteiger partial charge in [0.05, 0.1) is 6.42 Å². The standard InChI is InChI=1S/C17H22N2O/c1-19(2)11-5-10-18-17(20)13-14-8-9-15-6-3-4-7-16(15)12-14/h3-4,6-9,12H,5,10-11,13H2,1-2H3,(H,18,20). The van der Waals surface area contributed by atoms with Gasteiger partial charge in [0.25, 0.3) is 0 Å². The van der Waals surface area contributed by atoms with Crippen LogP contribution in [-0.2, 0) is 11.2 Å². The van der Waals surface area contributed by atoms with Crippen molar-refractivity contribution in [1.82, 2.24) is 10.2 Å². The Bertz CT molecular complexity index is 578. The minimum absolute atomic E-state index is 0.0963. The van der Waals surface area contributed by atoms with Crippen LogP contribution >= 0.6 is 0 Å². The topological polar surface area (TPSA) is 32.3 Å². The second-order valence-corrected chi connectivity index (χ2v) is 5.37. The molecule has 0 heterocycles. The molecule has 2 rings (SSSR count). The number of fused-ring (bicyclic) bond motifs is 1. The molecule has 0 aliphatic carbocycles.